The summed E-state index contributed by atoms with van der Waals surface area (Å²) >= 11 is 0. The van der Waals surface area contributed by atoms with Crippen LogP contribution in [0.1, 0.15) is 37.1 Å². The van der Waals surface area contributed by atoms with E-state index in [1.807, 2.05) is 55.6 Å². The molecule has 0 spiro atoms. The van der Waals surface area contributed by atoms with Gasteiger partial charge in [0.1, 0.15) is 17.6 Å². The van der Waals surface area contributed by atoms with E-state index in [1.54, 1.807) is 12.0 Å². The number of amides is 2. The monoisotopic (exact) mass is 434 g/mol. The van der Waals surface area contributed by atoms with Gasteiger partial charge in [0.15, 0.2) is 0 Å². The van der Waals surface area contributed by atoms with Crippen LogP contribution in [-0.2, 0) is 29.6 Å². The Hall–Kier alpha value is -3.35. The number of ether oxygens (including phenoxy) is 1. The van der Waals surface area contributed by atoms with Gasteiger partial charge in [-0.2, -0.15) is 0 Å². The average Bonchev–Trinajstić information content (AvgIpc) is 3.01. The van der Waals surface area contributed by atoms with Crippen molar-refractivity contribution < 1.29 is 14.3 Å². The Morgan fingerprint density at radius 2 is 2.03 bits per heavy atom. The smallest absolute Gasteiger partial charge is 0.242 e. The number of aromatic nitrogens is 2. The number of aryl methyl sites for hydroxylation is 1. The minimum Gasteiger partial charge on any atom is -0.497 e. The molecule has 4 rings (SSSR count). The quantitative estimate of drug-likeness (QED) is 0.620. The topological polar surface area (TPSA) is 76.5 Å². The van der Waals surface area contributed by atoms with E-state index in [4.69, 9.17) is 4.74 Å². The molecule has 1 aromatic heterocycles. The fourth-order valence-corrected chi connectivity index (χ4v) is 4.36. The Morgan fingerprint density at radius 1 is 1.19 bits per heavy atom. The van der Waals surface area contributed by atoms with Crippen LogP contribution in [0.3, 0.4) is 0 Å². The number of carbonyl (C=O) groups excluding carboxylic acids is 2. The van der Waals surface area contributed by atoms with Gasteiger partial charge in [0.05, 0.1) is 18.1 Å². The molecular formula is C25H30N4O3. The number of para-hydroxylation sites is 2. The number of carbonyl (C=O) groups is 2. The van der Waals surface area contributed by atoms with Crippen molar-refractivity contribution in [2.45, 2.75) is 44.7 Å². The predicted octanol–water partition coefficient (Wildman–Crippen LogP) is 3.21. The van der Waals surface area contributed by atoms with Crippen LogP contribution in [-0.4, -0.2) is 46.0 Å². The molecule has 0 saturated carbocycles. The normalized spacial score (nSPS) is 16.8. The Kier molecular flexibility index (Phi) is 6.73. The van der Waals surface area contributed by atoms with E-state index >= 15 is 0 Å². The molecule has 2 heterocycles. The van der Waals surface area contributed by atoms with Crippen LogP contribution in [0.4, 0.5) is 0 Å². The van der Waals surface area contributed by atoms with Gasteiger partial charge in [-0.1, -0.05) is 30.7 Å². The highest BCUT2D eigenvalue weighted by atomic mass is 16.5. The van der Waals surface area contributed by atoms with Gasteiger partial charge in [-0.05, 0) is 42.7 Å². The summed E-state index contributed by atoms with van der Waals surface area (Å²) in [7, 11) is 3.61. The molecule has 1 fully saturated rings. The second-order valence-corrected chi connectivity index (χ2v) is 8.25. The number of benzene rings is 2. The molecule has 0 aliphatic carbocycles. The molecule has 0 bridgehead atoms. The first-order valence-electron chi connectivity index (χ1n) is 11.2. The van der Waals surface area contributed by atoms with E-state index in [2.05, 4.69) is 14.9 Å². The number of hydrogen-bond acceptors (Lipinski definition) is 4. The summed E-state index contributed by atoms with van der Waals surface area (Å²) < 4.78 is 7.37. The Morgan fingerprint density at radius 3 is 2.84 bits per heavy atom. The van der Waals surface area contributed by atoms with Gasteiger partial charge < -0.3 is 19.5 Å². The first-order valence-corrected chi connectivity index (χ1v) is 11.2. The van der Waals surface area contributed by atoms with Crippen molar-refractivity contribution >= 4 is 22.8 Å². The number of nitrogens with one attached hydrogen (secondary N) is 1. The Bertz CT molecular complexity index is 1110. The molecule has 1 saturated heterocycles. The van der Waals surface area contributed by atoms with Gasteiger partial charge in [-0.25, -0.2) is 4.98 Å². The van der Waals surface area contributed by atoms with Gasteiger partial charge in [0.25, 0.3) is 0 Å². The molecule has 7 nitrogen and oxygen atoms in total. The van der Waals surface area contributed by atoms with E-state index in [9.17, 15) is 9.59 Å². The lowest BCUT2D eigenvalue weighted by Gasteiger charge is -2.29. The van der Waals surface area contributed by atoms with Crippen LogP contribution >= 0.6 is 0 Å². The summed E-state index contributed by atoms with van der Waals surface area (Å²) in [6.45, 7) is 0.882. The summed E-state index contributed by atoms with van der Waals surface area (Å²) in [6, 6.07) is 15.2. The van der Waals surface area contributed by atoms with Crippen LogP contribution in [0.5, 0.6) is 5.75 Å². The summed E-state index contributed by atoms with van der Waals surface area (Å²) in [6.07, 6.45) is 3.47. The summed E-state index contributed by atoms with van der Waals surface area (Å²) in [4.78, 5) is 32.3. The third-order valence-electron chi connectivity index (χ3n) is 6.13. The summed E-state index contributed by atoms with van der Waals surface area (Å²) in [5, 5.41) is 3.05. The fourth-order valence-electron chi connectivity index (χ4n) is 4.36. The maximum absolute atomic E-state index is 13.1. The average molecular weight is 435 g/mol. The number of methoxy groups -OCH3 is 1. The minimum absolute atomic E-state index is 0.0285. The number of imidazole rings is 1. The van der Waals surface area contributed by atoms with Gasteiger partial charge in [-0.3, -0.25) is 9.59 Å². The molecule has 168 valence electrons. The van der Waals surface area contributed by atoms with Crippen molar-refractivity contribution in [2.24, 2.45) is 7.05 Å². The molecule has 32 heavy (non-hydrogen) atoms. The molecule has 1 aliphatic heterocycles. The van der Waals surface area contributed by atoms with Crippen LogP contribution in [0.25, 0.3) is 11.0 Å². The maximum Gasteiger partial charge on any atom is 0.242 e. The van der Waals surface area contributed by atoms with Crippen LogP contribution < -0.4 is 10.1 Å². The zero-order chi connectivity index (χ0) is 22.5. The second-order valence-electron chi connectivity index (χ2n) is 8.25. The van der Waals surface area contributed by atoms with Crippen molar-refractivity contribution in [3.05, 3.63) is 59.9 Å². The third kappa shape index (κ3) is 4.77. The van der Waals surface area contributed by atoms with E-state index in [0.29, 0.717) is 32.4 Å². The van der Waals surface area contributed by atoms with Gasteiger partial charge in [0, 0.05) is 33.0 Å². The number of likely N-dealkylation sites (tertiary alicyclic amines) is 1. The molecule has 1 aliphatic rings. The molecule has 3 aromatic rings. The van der Waals surface area contributed by atoms with Gasteiger partial charge >= 0.3 is 0 Å². The zero-order valence-electron chi connectivity index (χ0n) is 18.7. The largest absolute Gasteiger partial charge is 0.497 e. The molecular weight excluding hydrogens is 404 g/mol. The van der Waals surface area contributed by atoms with Crippen molar-refractivity contribution in [3.63, 3.8) is 0 Å². The second kappa shape index (κ2) is 9.85. The predicted molar refractivity (Wildman–Crippen MR) is 123 cm³/mol. The van der Waals surface area contributed by atoms with Crippen molar-refractivity contribution in [1.29, 1.82) is 0 Å². The van der Waals surface area contributed by atoms with Crippen molar-refractivity contribution in [3.8, 4) is 5.75 Å². The highest BCUT2D eigenvalue weighted by Gasteiger charge is 2.31. The number of nitrogens with zero attached hydrogens (tertiary/aromatic N) is 3. The van der Waals surface area contributed by atoms with E-state index in [0.717, 1.165) is 41.0 Å². The van der Waals surface area contributed by atoms with E-state index in [1.165, 1.54) is 0 Å². The molecule has 7 heteroatoms. The summed E-state index contributed by atoms with van der Waals surface area (Å²) in [5.41, 5.74) is 2.99. The highest BCUT2D eigenvalue weighted by Crippen LogP contribution is 2.22. The third-order valence-corrected chi connectivity index (χ3v) is 6.13. The molecule has 1 atom stereocenters. The zero-order valence-corrected chi connectivity index (χ0v) is 18.7. The lowest BCUT2D eigenvalue weighted by atomic mass is 10.1. The Labute approximate surface area is 188 Å². The molecule has 2 aromatic carbocycles. The highest BCUT2D eigenvalue weighted by molar-refractivity contribution is 5.88. The molecule has 1 N–H and O–H groups in total. The molecule has 0 radical (unpaired) electrons. The Balaban J connectivity index is 1.43. The fraction of sp³-hybridized carbons (Fsp3) is 0.400. The van der Waals surface area contributed by atoms with Crippen LogP contribution in [0, 0.1) is 0 Å². The SMILES string of the molecule is COc1cccc(CN2C(=O)CCCCC2C(=O)NCCc2nc3ccccc3n2C)c1. The summed E-state index contributed by atoms with van der Waals surface area (Å²) in [5.74, 6) is 1.60. The number of fused-ring (bicyclic) bond motifs is 1. The first kappa shape index (κ1) is 21.9. The number of hydrogen-bond donors (Lipinski definition) is 1. The van der Waals surface area contributed by atoms with E-state index in [-0.39, 0.29) is 11.8 Å². The molecule has 2 amide bonds. The van der Waals surface area contributed by atoms with Gasteiger partial charge in [0.2, 0.25) is 11.8 Å². The van der Waals surface area contributed by atoms with Crippen LogP contribution in [0.15, 0.2) is 48.5 Å². The van der Waals surface area contributed by atoms with Crippen molar-refractivity contribution in [1.82, 2.24) is 19.8 Å². The first-order chi connectivity index (χ1) is 15.6. The number of rotatable bonds is 7. The molecule has 1 unspecified atom stereocenters. The maximum atomic E-state index is 13.1. The minimum atomic E-state index is -0.461. The van der Waals surface area contributed by atoms with Crippen molar-refractivity contribution in [2.75, 3.05) is 13.7 Å². The lowest BCUT2D eigenvalue weighted by Crippen LogP contribution is -2.48. The van der Waals surface area contributed by atoms with Gasteiger partial charge in [-0.15, -0.1) is 0 Å². The lowest BCUT2D eigenvalue weighted by molar-refractivity contribution is -0.140. The van der Waals surface area contributed by atoms with E-state index < -0.39 is 6.04 Å². The van der Waals surface area contributed by atoms with Crippen LogP contribution in [0.2, 0.25) is 0 Å². The standard InChI is InChI=1S/C25H30N4O3/c1-28-21-11-4-3-10-20(21)27-23(28)14-15-26-25(31)22-12-5-6-13-24(30)29(22)17-18-8-7-9-19(16-18)32-2/h3-4,7-11,16,22H,5-6,12-15,17H2,1-2H3,(H,26,31).